The van der Waals surface area contributed by atoms with Crippen LogP contribution in [-0.4, -0.2) is 49.7 Å². The van der Waals surface area contributed by atoms with Crippen LogP contribution in [0.3, 0.4) is 0 Å². The third-order valence-electron chi connectivity index (χ3n) is 4.92. The zero-order valence-electron chi connectivity index (χ0n) is 13.8. The van der Waals surface area contributed by atoms with Gasteiger partial charge in [-0.25, -0.2) is 0 Å². The number of carbonyl (C=O) groups is 1. The molecule has 2 aliphatic rings. The predicted octanol–water partition coefficient (Wildman–Crippen LogP) is 1.79. The molecule has 4 rings (SSSR count). The minimum absolute atomic E-state index is 0.0696. The van der Waals surface area contributed by atoms with E-state index in [0.29, 0.717) is 36.9 Å². The lowest BCUT2D eigenvalue weighted by Gasteiger charge is -2.38. The number of aryl methyl sites for hydroxylation is 1. The number of piperidine rings is 1. The van der Waals surface area contributed by atoms with E-state index in [1.807, 2.05) is 13.0 Å². The maximum Gasteiger partial charge on any atom is 0.270 e. The number of aliphatic hydroxyl groups is 1. The van der Waals surface area contributed by atoms with Gasteiger partial charge in [0, 0.05) is 18.7 Å². The second-order valence-corrected chi connectivity index (χ2v) is 7.09. The van der Waals surface area contributed by atoms with Gasteiger partial charge in [-0.2, -0.15) is 4.98 Å². The number of rotatable bonds is 4. The van der Waals surface area contributed by atoms with Crippen molar-refractivity contribution >= 4 is 5.91 Å². The monoisotopic (exact) mass is 330 g/mol. The van der Waals surface area contributed by atoms with Crippen LogP contribution in [-0.2, 0) is 6.42 Å². The largest absolute Gasteiger partial charge is 0.388 e. The van der Waals surface area contributed by atoms with E-state index in [-0.39, 0.29) is 12.5 Å². The minimum atomic E-state index is -1.01. The number of carbonyl (C=O) groups excluding carboxylic acids is 1. The van der Waals surface area contributed by atoms with Crippen LogP contribution in [0.5, 0.6) is 0 Å². The molecule has 1 atom stereocenters. The van der Waals surface area contributed by atoms with Gasteiger partial charge in [0.1, 0.15) is 5.69 Å². The Morgan fingerprint density at radius 2 is 2.38 bits per heavy atom. The van der Waals surface area contributed by atoms with E-state index >= 15 is 0 Å². The molecule has 7 heteroatoms. The normalized spacial score (nSPS) is 24.3. The van der Waals surface area contributed by atoms with Gasteiger partial charge in [0.15, 0.2) is 5.82 Å². The highest BCUT2D eigenvalue weighted by Gasteiger charge is 2.38. The maximum atomic E-state index is 12.7. The Labute approximate surface area is 140 Å². The molecule has 2 fully saturated rings. The standard InChI is InChI=1S/C17H22N4O3/c1-11-5-7-18-14(11)16(22)21-8-2-6-17(23,10-21)9-13-19-15(20-24-13)12-3-4-12/h5,7,12,18,23H,2-4,6,8-10H2,1H3. The van der Waals surface area contributed by atoms with Gasteiger partial charge < -0.3 is 19.5 Å². The van der Waals surface area contributed by atoms with Crippen molar-refractivity contribution in [2.45, 2.75) is 50.5 Å². The summed E-state index contributed by atoms with van der Waals surface area (Å²) in [6.07, 6.45) is 5.66. The van der Waals surface area contributed by atoms with Crippen molar-refractivity contribution in [3.63, 3.8) is 0 Å². The Morgan fingerprint density at radius 1 is 1.54 bits per heavy atom. The fourth-order valence-electron chi connectivity index (χ4n) is 3.39. The summed E-state index contributed by atoms with van der Waals surface area (Å²) in [5.74, 6) is 1.57. The van der Waals surface area contributed by atoms with Gasteiger partial charge in [0.25, 0.3) is 5.91 Å². The van der Waals surface area contributed by atoms with Crippen molar-refractivity contribution < 1.29 is 14.4 Å². The predicted molar refractivity (Wildman–Crippen MR) is 85.6 cm³/mol. The summed E-state index contributed by atoms with van der Waals surface area (Å²) in [6, 6.07) is 1.88. The molecule has 0 spiro atoms. The number of hydrogen-bond acceptors (Lipinski definition) is 5. The van der Waals surface area contributed by atoms with Crippen molar-refractivity contribution in [1.82, 2.24) is 20.0 Å². The topological polar surface area (TPSA) is 95.2 Å². The summed E-state index contributed by atoms with van der Waals surface area (Å²) in [6.45, 7) is 2.83. The van der Waals surface area contributed by atoms with E-state index in [0.717, 1.165) is 30.7 Å². The zero-order chi connectivity index (χ0) is 16.7. The highest BCUT2D eigenvalue weighted by molar-refractivity contribution is 5.94. The highest BCUT2D eigenvalue weighted by atomic mass is 16.5. The molecule has 1 amide bonds. The van der Waals surface area contributed by atoms with Crippen LogP contribution in [0.4, 0.5) is 0 Å². The van der Waals surface area contributed by atoms with Crippen LogP contribution in [0.1, 0.15) is 59.4 Å². The molecular weight excluding hydrogens is 308 g/mol. The van der Waals surface area contributed by atoms with Gasteiger partial charge in [-0.15, -0.1) is 0 Å². The first kappa shape index (κ1) is 15.4. The van der Waals surface area contributed by atoms with Crippen molar-refractivity contribution in [2.24, 2.45) is 0 Å². The minimum Gasteiger partial charge on any atom is -0.388 e. The Balaban J connectivity index is 1.46. The molecule has 2 N–H and O–H groups in total. The first-order valence-electron chi connectivity index (χ1n) is 8.52. The molecule has 1 aliphatic carbocycles. The number of nitrogens with one attached hydrogen (secondary N) is 1. The van der Waals surface area contributed by atoms with Crippen molar-refractivity contribution in [1.29, 1.82) is 0 Å². The molecule has 0 bridgehead atoms. The molecule has 1 saturated heterocycles. The highest BCUT2D eigenvalue weighted by Crippen LogP contribution is 2.38. The number of H-pyrrole nitrogens is 1. The van der Waals surface area contributed by atoms with Crippen LogP contribution in [0.25, 0.3) is 0 Å². The van der Waals surface area contributed by atoms with Gasteiger partial charge in [0.05, 0.1) is 18.6 Å². The third-order valence-corrected chi connectivity index (χ3v) is 4.92. The van der Waals surface area contributed by atoms with Crippen molar-refractivity contribution in [2.75, 3.05) is 13.1 Å². The van der Waals surface area contributed by atoms with Crippen molar-refractivity contribution in [3.8, 4) is 0 Å². The summed E-state index contributed by atoms with van der Waals surface area (Å²) >= 11 is 0. The molecule has 7 nitrogen and oxygen atoms in total. The SMILES string of the molecule is Cc1cc[nH]c1C(=O)N1CCCC(O)(Cc2nc(C3CC3)no2)C1. The Kier molecular flexibility index (Phi) is 3.68. The second-order valence-electron chi connectivity index (χ2n) is 7.09. The average Bonchev–Trinajstić information content (AvgIpc) is 3.16. The smallest absolute Gasteiger partial charge is 0.270 e. The lowest BCUT2D eigenvalue weighted by atomic mass is 9.89. The number of β-amino-alcohol motifs (C(OH)–C–C–N with tert-alkyl or cyclic N) is 1. The quantitative estimate of drug-likeness (QED) is 0.891. The number of amides is 1. The lowest BCUT2D eigenvalue weighted by molar-refractivity contribution is -0.0288. The number of hydrogen-bond donors (Lipinski definition) is 2. The zero-order valence-corrected chi connectivity index (χ0v) is 13.8. The molecule has 2 aromatic rings. The Morgan fingerprint density at radius 3 is 3.08 bits per heavy atom. The molecule has 1 saturated carbocycles. The molecule has 1 aliphatic heterocycles. The van der Waals surface area contributed by atoms with E-state index in [4.69, 9.17) is 4.52 Å². The molecule has 2 aromatic heterocycles. The number of aromatic nitrogens is 3. The van der Waals surface area contributed by atoms with E-state index < -0.39 is 5.60 Å². The first-order chi connectivity index (χ1) is 11.5. The Bertz CT molecular complexity index is 749. The summed E-state index contributed by atoms with van der Waals surface area (Å²) in [5, 5.41) is 14.9. The molecule has 0 radical (unpaired) electrons. The van der Waals surface area contributed by atoms with E-state index in [1.54, 1.807) is 11.1 Å². The fraction of sp³-hybridized carbons (Fsp3) is 0.588. The maximum absolute atomic E-state index is 12.7. The lowest BCUT2D eigenvalue weighted by Crippen LogP contribution is -2.51. The summed E-state index contributed by atoms with van der Waals surface area (Å²) in [5.41, 5.74) is 0.495. The molecular formula is C17H22N4O3. The molecule has 3 heterocycles. The summed E-state index contributed by atoms with van der Waals surface area (Å²) in [4.78, 5) is 21.8. The first-order valence-corrected chi connectivity index (χ1v) is 8.52. The van der Waals surface area contributed by atoms with Crippen molar-refractivity contribution in [3.05, 3.63) is 35.2 Å². The fourth-order valence-corrected chi connectivity index (χ4v) is 3.39. The molecule has 24 heavy (non-hydrogen) atoms. The number of nitrogens with zero attached hydrogens (tertiary/aromatic N) is 3. The van der Waals surface area contributed by atoms with Gasteiger partial charge >= 0.3 is 0 Å². The molecule has 1 unspecified atom stereocenters. The van der Waals surface area contributed by atoms with Crippen LogP contribution in [0, 0.1) is 6.92 Å². The van der Waals surface area contributed by atoms with E-state index in [2.05, 4.69) is 15.1 Å². The average molecular weight is 330 g/mol. The summed E-state index contributed by atoms with van der Waals surface area (Å²) in [7, 11) is 0. The number of aromatic amines is 1. The van der Waals surface area contributed by atoms with Gasteiger partial charge in [0.2, 0.25) is 5.89 Å². The van der Waals surface area contributed by atoms with Crippen LogP contribution < -0.4 is 0 Å². The van der Waals surface area contributed by atoms with Crippen LogP contribution in [0.2, 0.25) is 0 Å². The molecule has 0 aromatic carbocycles. The Hall–Kier alpha value is -2.15. The number of likely N-dealkylation sites (tertiary alicyclic amines) is 1. The molecule has 128 valence electrons. The van der Waals surface area contributed by atoms with E-state index in [9.17, 15) is 9.90 Å². The third kappa shape index (κ3) is 2.96. The second kappa shape index (κ2) is 5.73. The van der Waals surface area contributed by atoms with Gasteiger partial charge in [-0.1, -0.05) is 5.16 Å². The van der Waals surface area contributed by atoms with E-state index in [1.165, 1.54) is 0 Å². The van der Waals surface area contributed by atoms with Crippen LogP contribution >= 0.6 is 0 Å². The van der Waals surface area contributed by atoms with Gasteiger partial charge in [-0.05, 0) is 44.2 Å². The van der Waals surface area contributed by atoms with Gasteiger partial charge in [-0.3, -0.25) is 4.79 Å². The summed E-state index contributed by atoms with van der Waals surface area (Å²) < 4.78 is 5.29. The van der Waals surface area contributed by atoms with Crippen LogP contribution in [0.15, 0.2) is 16.8 Å².